The van der Waals surface area contributed by atoms with Gasteiger partial charge in [0.2, 0.25) is 0 Å². The molecular weight excluding hydrogens is 242 g/mol. The quantitative estimate of drug-likeness (QED) is 0.709. The van der Waals surface area contributed by atoms with Crippen molar-refractivity contribution in [1.82, 2.24) is 0 Å². The molecule has 74 valence electrons. The van der Waals surface area contributed by atoms with E-state index >= 15 is 0 Å². The molecule has 1 N–H and O–H groups in total. The van der Waals surface area contributed by atoms with E-state index in [2.05, 4.69) is 35.0 Å². The molecule has 1 aromatic heterocycles. The molecule has 0 atom stereocenters. The van der Waals surface area contributed by atoms with Crippen LogP contribution in [0.1, 0.15) is 5.56 Å². The van der Waals surface area contributed by atoms with Crippen molar-refractivity contribution in [2.24, 2.45) is 0 Å². The maximum Gasteiger partial charge on any atom is 0.113 e. The number of thiocarbonyl (C=S) groups is 1. The minimum absolute atomic E-state index is 0.823. The number of nitrogens with one attached hydrogen (secondary N) is 1. The molecule has 3 rings (SSSR count). The van der Waals surface area contributed by atoms with Crippen LogP contribution in [0.25, 0.3) is 0 Å². The SMILES string of the molecule is S=C1Nc2ccccc2Sc2sccc21. The second-order valence-electron chi connectivity index (χ2n) is 3.17. The van der Waals surface area contributed by atoms with E-state index in [1.807, 2.05) is 6.07 Å². The zero-order valence-electron chi connectivity index (χ0n) is 7.69. The number of thiophene rings is 1. The van der Waals surface area contributed by atoms with Crippen LogP contribution in [-0.4, -0.2) is 4.99 Å². The summed E-state index contributed by atoms with van der Waals surface area (Å²) in [5, 5.41) is 5.36. The van der Waals surface area contributed by atoms with E-state index in [9.17, 15) is 0 Å². The largest absolute Gasteiger partial charge is 0.345 e. The van der Waals surface area contributed by atoms with Crippen LogP contribution < -0.4 is 5.32 Å². The fourth-order valence-electron chi connectivity index (χ4n) is 1.49. The molecule has 2 heterocycles. The zero-order chi connectivity index (χ0) is 10.3. The molecule has 0 unspecified atom stereocenters. The van der Waals surface area contributed by atoms with Crippen LogP contribution in [0.4, 0.5) is 5.69 Å². The molecule has 0 aliphatic carbocycles. The number of fused-ring (bicyclic) bond motifs is 2. The third-order valence-electron chi connectivity index (χ3n) is 2.21. The summed E-state index contributed by atoms with van der Waals surface area (Å²) in [5.41, 5.74) is 2.26. The van der Waals surface area contributed by atoms with Crippen LogP contribution in [0.3, 0.4) is 0 Å². The third-order valence-corrected chi connectivity index (χ3v) is 4.76. The second-order valence-corrected chi connectivity index (χ2v) is 5.81. The molecule has 0 saturated carbocycles. The standard InChI is InChI=1S/C11H7NS3/c13-10-7-5-6-14-11(7)15-9-4-2-1-3-8(9)12-10/h1-6H,(H,12,13). The first-order valence-electron chi connectivity index (χ1n) is 4.50. The molecule has 1 aliphatic heterocycles. The molecule has 2 aromatic rings. The Kier molecular flexibility index (Phi) is 2.27. The van der Waals surface area contributed by atoms with Gasteiger partial charge in [0.05, 0.1) is 9.90 Å². The number of anilines is 1. The highest BCUT2D eigenvalue weighted by molar-refractivity contribution is 8.01. The van der Waals surface area contributed by atoms with Crippen LogP contribution in [0.15, 0.2) is 44.8 Å². The van der Waals surface area contributed by atoms with E-state index < -0.39 is 0 Å². The molecule has 0 fully saturated rings. The Balaban J connectivity index is 2.18. The summed E-state index contributed by atoms with van der Waals surface area (Å²) in [6, 6.07) is 10.3. The van der Waals surface area contributed by atoms with Crippen molar-refractivity contribution >= 4 is 46.0 Å². The highest BCUT2D eigenvalue weighted by atomic mass is 32.2. The van der Waals surface area contributed by atoms with Gasteiger partial charge in [-0.15, -0.1) is 11.3 Å². The minimum Gasteiger partial charge on any atom is -0.345 e. The van der Waals surface area contributed by atoms with Gasteiger partial charge in [0.15, 0.2) is 0 Å². The smallest absolute Gasteiger partial charge is 0.113 e. The summed E-state index contributed by atoms with van der Waals surface area (Å²) in [6.07, 6.45) is 0. The molecule has 15 heavy (non-hydrogen) atoms. The van der Waals surface area contributed by atoms with Gasteiger partial charge in [-0.05, 0) is 23.6 Å². The maximum atomic E-state index is 5.36. The van der Waals surface area contributed by atoms with Crippen LogP contribution in [0, 0.1) is 0 Å². The van der Waals surface area contributed by atoms with Gasteiger partial charge in [0.1, 0.15) is 4.99 Å². The fourth-order valence-corrected chi connectivity index (χ4v) is 4.01. The van der Waals surface area contributed by atoms with Gasteiger partial charge in [0.25, 0.3) is 0 Å². The summed E-state index contributed by atoms with van der Waals surface area (Å²) in [4.78, 5) is 2.06. The molecule has 4 heteroatoms. The van der Waals surface area contributed by atoms with Crippen molar-refractivity contribution in [3.8, 4) is 0 Å². The Bertz CT molecular complexity index is 530. The minimum atomic E-state index is 0.823. The molecule has 0 amide bonds. The van der Waals surface area contributed by atoms with Gasteiger partial charge in [0, 0.05) is 10.5 Å². The Labute approximate surface area is 102 Å². The van der Waals surface area contributed by atoms with E-state index in [-0.39, 0.29) is 0 Å². The van der Waals surface area contributed by atoms with E-state index in [0.717, 1.165) is 16.2 Å². The Morgan fingerprint density at radius 3 is 2.93 bits per heavy atom. The number of hydrogen-bond acceptors (Lipinski definition) is 3. The lowest BCUT2D eigenvalue weighted by atomic mass is 10.3. The van der Waals surface area contributed by atoms with Gasteiger partial charge in [-0.25, -0.2) is 0 Å². The number of rotatable bonds is 0. The predicted octanol–water partition coefficient (Wildman–Crippen LogP) is 4.00. The van der Waals surface area contributed by atoms with Crippen molar-refractivity contribution in [3.05, 3.63) is 41.3 Å². The lowest BCUT2D eigenvalue weighted by Crippen LogP contribution is -2.08. The predicted molar refractivity (Wildman–Crippen MR) is 70.2 cm³/mol. The van der Waals surface area contributed by atoms with E-state index in [0.29, 0.717) is 0 Å². The first-order chi connectivity index (χ1) is 7.34. The van der Waals surface area contributed by atoms with Crippen LogP contribution in [0.2, 0.25) is 0 Å². The van der Waals surface area contributed by atoms with Gasteiger partial charge < -0.3 is 5.32 Å². The maximum absolute atomic E-state index is 5.36. The average Bonchev–Trinajstić information content (AvgIpc) is 2.64. The Morgan fingerprint density at radius 2 is 2.00 bits per heavy atom. The van der Waals surface area contributed by atoms with Gasteiger partial charge in [-0.3, -0.25) is 0 Å². The molecular formula is C11H7NS3. The monoisotopic (exact) mass is 249 g/mol. The normalized spacial score (nSPS) is 13.7. The average molecular weight is 249 g/mol. The van der Waals surface area contributed by atoms with E-state index in [4.69, 9.17) is 12.2 Å². The van der Waals surface area contributed by atoms with Crippen LogP contribution in [0.5, 0.6) is 0 Å². The molecule has 1 aromatic carbocycles. The van der Waals surface area contributed by atoms with Crippen molar-refractivity contribution in [2.75, 3.05) is 5.32 Å². The zero-order valence-corrected chi connectivity index (χ0v) is 10.1. The highest BCUT2D eigenvalue weighted by Gasteiger charge is 2.17. The second kappa shape index (κ2) is 3.63. The third kappa shape index (κ3) is 1.58. The lowest BCUT2D eigenvalue weighted by molar-refractivity contribution is 1.45. The lowest BCUT2D eigenvalue weighted by Gasteiger charge is -2.05. The van der Waals surface area contributed by atoms with E-state index in [1.54, 1.807) is 23.1 Å². The molecule has 1 aliphatic rings. The Morgan fingerprint density at radius 1 is 1.13 bits per heavy atom. The highest BCUT2D eigenvalue weighted by Crippen LogP contribution is 2.41. The molecule has 0 saturated heterocycles. The molecule has 0 radical (unpaired) electrons. The van der Waals surface area contributed by atoms with Crippen molar-refractivity contribution in [3.63, 3.8) is 0 Å². The molecule has 1 nitrogen and oxygen atoms in total. The fraction of sp³-hybridized carbons (Fsp3) is 0. The summed E-state index contributed by atoms with van der Waals surface area (Å²) in [7, 11) is 0. The first-order valence-corrected chi connectivity index (χ1v) is 6.61. The summed E-state index contributed by atoms with van der Waals surface area (Å²) < 4.78 is 1.28. The summed E-state index contributed by atoms with van der Waals surface area (Å²) in [5.74, 6) is 0. The molecule has 0 spiro atoms. The Hall–Kier alpha value is -0.840. The van der Waals surface area contributed by atoms with Crippen molar-refractivity contribution in [1.29, 1.82) is 0 Å². The van der Waals surface area contributed by atoms with E-state index in [1.165, 1.54) is 9.10 Å². The van der Waals surface area contributed by atoms with Gasteiger partial charge in [-0.2, -0.15) is 0 Å². The first kappa shape index (κ1) is 9.39. The van der Waals surface area contributed by atoms with Crippen LogP contribution in [-0.2, 0) is 0 Å². The number of para-hydroxylation sites is 1. The summed E-state index contributed by atoms with van der Waals surface area (Å²) >= 11 is 8.88. The number of hydrogen-bond donors (Lipinski definition) is 1. The van der Waals surface area contributed by atoms with Crippen molar-refractivity contribution in [2.45, 2.75) is 9.10 Å². The van der Waals surface area contributed by atoms with Crippen LogP contribution >= 0.6 is 35.3 Å². The van der Waals surface area contributed by atoms with Gasteiger partial charge in [-0.1, -0.05) is 36.1 Å². The topological polar surface area (TPSA) is 12.0 Å². The van der Waals surface area contributed by atoms with Crippen molar-refractivity contribution < 1.29 is 0 Å². The summed E-state index contributed by atoms with van der Waals surface area (Å²) in [6.45, 7) is 0. The van der Waals surface area contributed by atoms with Gasteiger partial charge >= 0.3 is 0 Å². The molecule has 0 bridgehead atoms. The number of benzene rings is 1.